The second-order valence-electron chi connectivity index (χ2n) is 5.65. The van der Waals surface area contributed by atoms with E-state index in [1.807, 2.05) is 44.7 Å². The van der Waals surface area contributed by atoms with Gasteiger partial charge in [0.1, 0.15) is 5.54 Å². The van der Waals surface area contributed by atoms with E-state index < -0.39 is 5.54 Å². The van der Waals surface area contributed by atoms with Gasteiger partial charge in [0.15, 0.2) is 0 Å². The van der Waals surface area contributed by atoms with Gasteiger partial charge in [0, 0.05) is 33.7 Å². The molecule has 1 amide bonds. The largest absolute Gasteiger partial charge is 0.354 e. The number of aromatic nitrogens is 3. The summed E-state index contributed by atoms with van der Waals surface area (Å²) >= 11 is 0. The lowest BCUT2D eigenvalue weighted by Crippen LogP contribution is -2.62. The van der Waals surface area contributed by atoms with Crippen LogP contribution < -0.4 is 20.4 Å². The number of anilines is 3. The molecular formula is C13H23N7O. The first-order valence-electron chi connectivity index (χ1n) is 7.09. The molecule has 1 aliphatic heterocycles. The van der Waals surface area contributed by atoms with Crippen molar-refractivity contribution in [3.05, 3.63) is 0 Å². The van der Waals surface area contributed by atoms with Crippen molar-refractivity contribution in [2.75, 3.05) is 48.8 Å². The van der Waals surface area contributed by atoms with Crippen LogP contribution in [0, 0.1) is 0 Å². The summed E-state index contributed by atoms with van der Waals surface area (Å²) in [5.41, 5.74) is -0.688. The Morgan fingerprint density at radius 3 is 2.67 bits per heavy atom. The van der Waals surface area contributed by atoms with E-state index in [-0.39, 0.29) is 5.91 Å². The molecule has 0 spiro atoms. The Kier molecular flexibility index (Phi) is 4.15. The molecule has 0 atom stereocenters. The predicted molar refractivity (Wildman–Crippen MR) is 82.8 cm³/mol. The molecule has 0 aromatic carbocycles. The van der Waals surface area contributed by atoms with Crippen LogP contribution in [0.1, 0.15) is 20.8 Å². The molecule has 1 aliphatic rings. The molecule has 0 aliphatic carbocycles. The Morgan fingerprint density at radius 2 is 2.05 bits per heavy atom. The molecule has 1 aromatic heterocycles. The number of hydrogen-bond donors (Lipinski definition) is 2. The molecule has 1 saturated heterocycles. The lowest BCUT2D eigenvalue weighted by molar-refractivity contribution is -0.126. The van der Waals surface area contributed by atoms with Gasteiger partial charge in [0.2, 0.25) is 23.8 Å². The normalized spacial score (nSPS) is 17.4. The van der Waals surface area contributed by atoms with Gasteiger partial charge in [-0.1, -0.05) is 0 Å². The van der Waals surface area contributed by atoms with Crippen LogP contribution in [0.2, 0.25) is 0 Å². The monoisotopic (exact) mass is 293 g/mol. The molecule has 8 heteroatoms. The number of hydrogen-bond acceptors (Lipinski definition) is 7. The van der Waals surface area contributed by atoms with Gasteiger partial charge in [0.25, 0.3) is 0 Å². The predicted octanol–water partition coefficient (Wildman–Crippen LogP) is 0.0842. The minimum atomic E-state index is -0.688. The molecule has 1 fully saturated rings. The number of carbonyl (C=O) groups is 1. The van der Waals surface area contributed by atoms with Crippen LogP contribution in [0.25, 0.3) is 0 Å². The maximum Gasteiger partial charge on any atom is 0.245 e. The highest BCUT2D eigenvalue weighted by Gasteiger charge is 2.39. The average Bonchev–Trinajstić information content (AvgIpc) is 2.41. The second-order valence-corrected chi connectivity index (χ2v) is 5.65. The fourth-order valence-corrected chi connectivity index (χ4v) is 2.16. The van der Waals surface area contributed by atoms with Crippen molar-refractivity contribution >= 4 is 23.8 Å². The smallest absolute Gasteiger partial charge is 0.245 e. The van der Waals surface area contributed by atoms with Gasteiger partial charge in [-0.3, -0.25) is 4.79 Å². The van der Waals surface area contributed by atoms with E-state index in [0.717, 1.165) is 6.54 Å². The molecule has 2 heterocycles. The minimum absolute atomic E-state index is 0.0226. The summed E-state index contributed by atoms with van der Waals surface area (Å²) in [6.45, 7) is 7.70. The fraction of sp³-hybridized carbons (Fsp3) is 0.692. The number of nitrogens with one attached hydrogen (secondary N) is 2. The summed E-state index contributed by atoms with van der Waals surface area (Å²) < 4.78 is 0. The molecule has 2 rings (SSSR count). The minimum Gasteiger partial charge on any atom is -0.354 e. The molecule has 116 valence electrons. The van der Waals surface area contributed by atoms with Crippen molar-refractivity contribution in [2.45, 2.75) is 26.3 Å². The van der Waals surface area contributed by atoms with Crippen molar-refractivity contribution in [1.29, 1.82) is 0 Å². The van der Waals surface area contributed by atoms with Crippen molar-refractivity contribution < 1.29 is 4.79 Å². The summed E-state index contributed by atoms with van der Waals surface area (Å²) in [6.07, 6.45) is 0. The molecule has 8 nitrogen and oxygen atoms in total. The number of amides is 1. The van der Waals surface area contributed by atoms with Gasteiger partial charge < -0.3 is 20.4 Å². The van der Waals surface area contributed by atoms with E-state index in [9.17, 15) is 4.79 Å². The fourth-order valence-electron chi connectivity index (χ4n) is 2.16. The Bertz CT molecular complexity index is 529. The van der Waals surface area contributed by atoms with Crippen molar-refractivity contribution in [3.8, 4) is 0 Å². The summed E-state index contributed by atoms with van der Waals surface area (Å²) in [5.74, 6) is 1.58. The van der Waals surface area contributed by atoms with E-state index in [1.54, 1.807) is 0 Å². The third kappa shape index (κ3) is 2.98. The van der Waals surface area contributed by atoms with Gasteiger partial charge >= 0.3 is 0 Å². The van der Waals surface area contributed by atoms with E-state index in [2.05, 4.69) is 25.6 Å². The lowest BCUT2D eigenvalue weighted by Gasteiger charge is -2.41. The Labute approximate surface area is 125 Å². The van der Waals surface area contributed by atoms with Gasteiger partial charge in [-0.2, -0.15) is 15.0 Å². The zero-order chi connectivity index (χ0) is 15.6. The first-order valence-corrected chi connectivity index (χ1v) is 7.09. The highest BCUT2D eigenvalue weighted by atomic mass is 16.2. The van der Waals surface area contributed by atoms with Crippen LogP contribution in [0.4, 0.5) is 17.8 Å². The molecule has 0 bridgehead atoms. The Morgan fingerprint density at radius 1 is 1.33 bits per heavy atom. The summed E-state index contributed by atoms with van der Waals surface area (Å²) in [6, 6.07) is 0. The van der Waals surface area contributed by atoms with Crippen LogP contribution in [0.3, 0.4) is 0 Å². The molecule has 1 aromatic rings. The van der Waals surface area contributed by atoms with Crippen LogP contribution in [-0.4, -0.2) is 60.1 Å². The first-order chi connectivity index (χ1) is 9.86. The summed E-state index contributed by atoms with van der Waals surface area (Å²) in [4.78, 5) is 29.1. The number of rotatable bonds is 4. The van der Waals surface area contributed by atoms with Crippen LogP contribution >= 0.6 is 0 Å². The van der Waals surface area contributed by atoms with Crippen molar-refractivity contribution in [1.82, 2.24) is 20.3 Å². The number of carbonyl (C=O) groups excluding carboxylic acids is 1. The lowest BCUT2D eigenvalue weighted by atomic mass is 10.00. The molecule has 0 unspecified atom stereocenters. The van der Waals surface area contributed by atoms with Crippen LogP contribution in [0.5, 0.6) is 0 Å². The standard InChI is InChI=1S/C13H23N7O/c1-6-14-10-16-11(19(4)5)18-12(17-10)20-8-7-15-9(21)13(20,2)3/h6-8H2,1-5H3,(H,15,21)(H,14,16,17,18). The van der Waals surface area contributed by atoms with E-state index >= 15 is 0 Å². The highest BCUT2D eigenvalue weighted by molar-refractivity contribution is 5.89. The van der Waals surface area contributed by atoms with E-state index in [1.165, 1.54) is 0 Å². The van der Waals surface area contributed by atoms with Gasteiger partial charge in [0.05, 0.1) is 0 Å². The van der Waals surface area contributed by atoms with E-state index in [4.69, 9.17) is 0 Å². The van der Waals surface area contributed by atoms with Gasteiger partial charge in [-0.15, -0.1) is 0 Å². The van der Waals surface area contributed by atoms with Gasteiger partial charge in [-0.05, 0) is 20.8 Å². The molecule has 21 heavy (non-hydrogen) atoms. The van der Waals surface area contributed by atoms with Crippen LogP contribution in [0.15, 0.2) is 0 Å². The summed E-state index contributed by atoms with van der Waals surface area (Å²) in [5, 5.41) is 5.98. The Balaban J connectivity index is 2.44. The quantitative estimate of drug-likeness (QED) is 0.813. The molecule has 0 saturated carbocycles. The maximum atomic E-state index is 12.1. The first kappa shape index (κ1) is 15.3. The number of piperazine rings is 1. The maximum absolute atomic E-state index is 12.1. The van der Waals surface area contributed by atoms with Crippen molar-refractivity contribution in [2.24, 2.45) is 0 Å². The van der Waals surface area contributed by atoms with Crippen molar-refractivity contribution in [3.63, 3.8) is 0 Å². The zero-order valence-corrected chi connectivity index (χ0v) is 13.3. The average molecular weight is 293 g/mol. The zero-order valence-electron chi connectivity index (χ0n) is 13.3. The van der Waals surface area contributed by atoms with Crippen LogP contribution in [-0.2, 0) is 4.79 Å². The third-order valence-corrected chi connectivity index (χ3v) is 3.44. The third-order valence-electron chi connectivity index (χ3n) is 3.44. The Hall–Kier alpha value is -2.12. The topological polar surface area (TPSA) is 86.3 Å². The highest BCUT2D eigenvalue weighted by Crippen LogP contribution is 2.25. The summed E-state index contributed by atoms with van der Waals surface area (Å²) in [7, 11) is 3.76. The SMILES string of the molecule is CCNc1nc(N(C)C)nc(N2CCNC(=O)C2(C)C)n1. The van der Waals surface area contributed by atoms with E-state index in [0.29, 0.717) is 30.9 Å². The van der Waals surface area contributed by atoms with Gasteiger partial charge in [-0.25, -0.2) is 0 Å². The molecule has 0 radical (unpaired) electrons. The molecular weight excluding hydrogens is 270 g/mol. The second kappa shape index (κ2) is 5.71. The number of nitrogens with zero attached hydrogens (tertiary/aromatic N) is 5. The molecule has 2 N–H and O–H groups in total.